The molecular weight excluding hydrogens is 553 g/mol. The Balaban J connectivity index is 0.000000732. The predicted molar refractivity (Wildman–Crippen MR) is 133 cm³/mol. The molecule has 0 spiro atoms. The number of hydrogen-bond donors (Lipinski definition) is 1. The van der Waals surface area contributed by atoms with Crippen molar-refractivity contribution >= 4 is 38.7 Å². The summed E-state index contributed by atoms with van der Waals surface area (Å²) in [4.78, 5) is 22.4. The minimum Gasteiger partial charge on any atom is -0.759 e. The summed E-state index contributed by atoms with van der Waals surface area (Å²) >= 11 is 5.85. The van der Waals surface area contributed by atoms with E-state index in [0.29, 0.717) is 44.3 Å². The molecule has 1 aromatic carbocycles. The number of nitrogens with one attached hydrogen (secondary N) is 1. The number of anilines is 1. The normalized spacial score (nSPS) is 14.7. The molecule has 4 rings (SSSR count). The number of H-pyrrole nitrogens is 1. The second kappa shape index (κ2) is 12.8. The zero-order valence-corrected chi connectivity index (χ0v) is 21.5. The molecule has 1 N–H and O–H groups in total. The van der Waals surface area contributed by atoms with E-state index in [-0.39, 0.29) is 16.3 Å². The number of aromatic nitrogens is 2. The summed E-state index contributed by atoms with van der Waals surface area (Å²) in [6, 6.07) is 11.1. The fraction of sp³-hybridized carbons (Fsp3) is 0.391. The summed E-state index contributed by atoms with van der Waals surface area (Å²) in [5, 5.41) is 0.566. The monoisotopic (exact) mass is 576 g/mol. The van der Waals surface area contributed by atoms with Crippen LogP contribution in [0.2, 0.25) is 5.02 Å². The van der Waals surface area contributed by atoms with Crippen LogP contribution in [0.4, 0.5) is 18.9 Å². The SMILES string of the molecule is O=S(=O)([O-])[O-].O=c1ccc2ccc(OCCCCN3CCN(c4cccc(Cl)c4C(F)(F)F)CC3)nc2[nH]1. The summed E-state index contributed by atoms with van der Waals surface area (Å²) in [6.45, 7) is 3.73. The molecule has 1 saturated heterocycles. The Labute approximate surface area is 221 Å². The number of pyridine rings is 2. The third-order valence-electron chi connectivity index (χ3n) is 5.66. The molecule has 1 fully saturated rings. The molecule has 208 valence electrons. The molecule has 0 saturated carbocycles. The zero-order valence-electron chi connectivity index (χ0n) is 19.9. The highest BCUT2D eigenvalue weighted by atomic mass is 35.5. The van der Waals surface area contributed by atoms with Gasteiger partial charge in [0, 0.05) is 54.1 Å². The number of rotatable bonds is 7. The predicted octanol–water partition coefficient (Wildman–Crippen LogP) is 3.24. The smallest absolute Gasteiger partial charge is 0.419 e. The Morgan fingerprint density at radius 3 is 2.34 bits per heavy atom. The van der Waals surface area contributed by atoms with Crippen LogP contribution < -0.4 is 15.2 Å². The van der Waals surface area contributed by atoms with E-state index >= 15 is 0 Å². The van der Waals surface area contributed by atoms with Gasteiger partial charge in [-0.3, -0.25) is 18.1 Å². The van der Waals surface area contributed by atoms with Crippen LogP contribution in [0, 0.1) is 0 Å². The molecule has 10 nitrogen and oxygen atoms in total. The molecule has 0 radical (unpaired) electrons. The van der Waals surface area contributed by atoms with Gasteiger partial charge in [-0.25, -0.2) is 0 Å². The fourth-order valence-corrected chi connectivity index (χ4v) is 4.25. The second-order valence-electron chi connectivity index (χ2n) is 8.33. The van der Waals surface area contributed by atoms with Gasteiger partial charge < -0.3 is 23.7 Å². The maximum atomic E-state index is 13.4. The number of unbranched alkanes of at least 4 members (excludes halogenated alkanes) is 1. The van der Waals surface area contributed by atoms with Crippen LogP contribution in [0.5, 0.6) is 5.88 Å². The summed E-state index contributed by atoms with van der Waals surface area (Å²) < 4.78 is 80.1. The van der Waals surface area contributed by atoms with Crippen LogP contribution in [-0.4, -0.2) is 71.7 Å². The number of fused-ring (bicyclic) bond motifs is 1. The van der Waals surface area contributed by atoms with Gasteiger partial charge in [0.05, 0.1) is 22.9 Å². The molecule has 3 aromatic rings. The molecule has 0 atom stereocenters. The lowest BCUT2D eigenvalue weighted by Crippen LogP contribution is -2.47. The maximum Gasteiger partial charge on any atom is 0.419 e. The topological polar surface area (TPSA) is 142 Å². The third kappa shape index (κ3) is 9.13. The molecule has 0 bridgehead atoms. The van der Waals surface area contributed by atoms with Gasteiger partial charge in [-0.05, 0) is 43.7 Å². The molecule has 3 heterocycles. The van der Waals surface area contributed by atoms with Crippen LogP contribution in [0.15, 0.2) is 47.3 Å². The van der Waals surface area contributed by atoms with Crippen LogP contribution in [-0.2, 0) is 16.6 Å². The summed E-state index contributed by atoms with van der Waals surface area (Å²) in [5.41, 5.74) is -0.334. The second-order valence-corrected chi connectivity index (χ2v) is 9.56. The quantitative estimate of drug-likeness (QED) is 0.255. The first kappa shape index (κ1) is 29.6. The largest absolute Gasteiger partial charge is 0.759 e. The fourth-order valence-electron chi connectivity index (χ4n) is 3.97. The molecule has 0 amide bonds. The van der Waals surface area contributed by atoms with Gasteiger partial charge in [-0.1, -0.05) is 17.7 Å². The van der Waals surface area contributed by atoms with Crippen molar-refractivity contribution in [3.63, 3.8) is 0 Å². The lowest BCUT2D eigenvalue weighted by atomic mass is 10.1. The lowest BCUT2D eigenvalue weighted by Gasteiger charge is -2.37. The molecule has 0 unspecified atom stereocenters. The van der Waals surface area contributed by atoms with Gasteiger partial charge in [0.1, 0.15) is 5.65 Å². The van der Waals surface area contributed by atoms with E-state index in [2.05, 4.69) is 14.9 Å². The summed E-state index contributed by atoms with van der Waals surface area (Å²) in [5.74, 6) is 0.458. The van der Waals surface area contributed by atoms with E-state index in [1.54, 1.807) is 23.1 Å². The number of benzene rings is 1. The first-order valence-corrected chi connectivity index (χ1v) is 13.1. The summed E-state index contributed by atoms with van der Waals surface area (Å²) in [7, 11) is -5.17. The minimum absolute atomic E-state index is 0.146. The molecule has 38 heavy (non-hydrogen) atoms. The number of nitrogens with zero attached hydrogens (tertiary/aromatic N) is 3. The van der Waals surface area contributed by atoms with Crippen LogP contribution in [0.1, 0.15) is 18.4 Å². The van der Waals surface area contributed by atoms with E-state index in [0.717, 1.165) is 24.8 Å². The summed E-state index contributed by atoms with van der Waals surface area (Å²) in [6.07, 6.45) is -2.77. The number of piperazine rings is 1. The van der Waals surface area contributed by atoms with Crippen molar-refractivity contribution in [3.05, 3.63) is 63.4 Å². The first-order chi connectivity index (χ1) is 17.8. The zero-order chi connectivity index (χ0) is 27.9. The van der Waals surface area contributed by atoms with Crippen molar-refractivity contribution in [1.82, 2.24) is 14.9 Å². The van der Waals surface area contributed by atoms with Crippen molar-refractivity contribution < 1.29 is 35.4 Å². The highest BCUT2D eigenvalue weighted by Crippen LogP contribution is 2.41. The van der Waals surface area contributed by atoms with Crippen molar-refractivity contribution in [2.75, 3.05) is 44.2 Å². The van der Waals surface area contributed by atoms with E-state index in [4.69, 9.17) is 33.9 Å². The standard InChI is InChI=1S/C23H24ClF3N4O2.H2O4S/c24-17-4-3-5-18(21(17)23(25,26)27)31-13-11-30(12-14-31)10-1-2-15-33-20-9-7-16-6-8-19(32)28-22(16)29-20;1-5(2,3)4/h3-9H,1-2,10-15H2,(H,28,29,32);(H2,1,2,3,4)/p-2. The Morgan fingerprint density at radius 1 is 1.03 bits per heavy atom. The van der Waals surface area contributed by atoms with E-state index in [1.165, 1.54) is 18.2 Å². The van der Waals surface area contributed by atoms with Gasteiger partial charge in [-0.15, -0.1) is 0 Å². The highest BCUT2D eigenvalue weighted by Gasteiger charge is 2.37. The van der Waals surface area contributed by atoms with Gasteiger partial charge in [-0.2, -0.15) is 18.2 Å². The van der Waals surface area contributed by atoms with Crippen LogP contribution in [0.25, 0.3) is 11.0 Å². The first-order valence-electron chi connectivity index (χ1n) is 11.4. The van der Waals surface area contributed by atoms with Crippen LogP contribution in [0.3, 0.4) is 0 Å². The van der Waals surface area contributed by atoms with Crippen molar-refractivity contribution in [2.45, 2.75) is 19.0 Å². The van der Waals surface area contributed by atoms with Crippen molar-refractivity contribution in [2.24, 2.45) is 0 Å². The maximum absolute atomic E-state index is 13.4. The Morgan fingerprint density at radius 2 is 1.68 bits per heavy atom. The number of aromatic amines is 1. The average Bonchev–Trinajstić information content (AvgIpc) is 2.82. The Bertz CT molecular complexity index is 1390. The molecule has 2 aromatic heterocycles. The number of alkyl halides is 3. The van der Waals surface area contributed by atoms with E-state index in [1.807, 2.05) is 6.07 Å². The van der Waals surface area contributed by atoms with Crippen molar-refractivity contribution in [1.29, 1.82) is 0 Å². The highest BCUT2D eigenvalue weighted by molar-refractivity contribution is 7.79. The molecule has 15 heteroatoms. The van der Waals surface area contributed by atoms with Gasteiger partial charge >= 0.3 is 6.18 Å². The van der Waals surface area contributed by atoms with E-state index in [9.17, 15) is 18.0 Å². The molecule has 1 aliphatic heterocycles. The molecule has 0 aliphatic carbocycles. The number of halogens is 4. The van der Waals surface area contributed by atoms with Crippen molar-refractivity contribution in [3.8, 4) is 5.88 Å². The molecule has 1 aliphatic rings. The lowest BCUT2D eigenvalue weighted by molar-refractivity contribution is -0.137. The molecular formula is C23H24ClF3N4O6S-2. The number of hydrogen-bond acceptors (Lipinski definition) is 9. The number of ether oxygens (including phenoxy) is 1. The Kier molecular flexibility index (Phi) is 9.95. The van der Waals surface area contributed by atoms with Gasteiger partial charge in [0.15, 0.2) is 0 Å². The van der Waals surface area contributed by atoms with Gasteiger partial charge in [0.25, 0.3) is 0 Å². The van der Waals surface area contributed by atoms with Gasteiger partial charge in [0.2, 0.25) is 11.4 Å². The average molecular weight is 577 g/mol. The Hall–Kier alpha value is -2.91. The van der Waals surface area contributed by atoms with Crippen LogP contribution >= 0.6 is 11.6 Å². The third-order valence-corrected chi connectivity index (χ3v) is 5.98. The van der Waals surface area contributed by atoms with E-state index < -0.39 is 22.1 Å². The minimum atomic E-state index is -5.17.